The zero-order chi connectivity index (χ0) is 12.5. The molecular weight excluding hydrogens is 294 g/mol. The first-order valence-corrected chi connectivity index (χ1v) is 6.52. The molecule has 3 heterocycles. The summed E-state index contributed by atoms with van der Waals surface area (Å²) >= 11 is 3.56. The molecule has 0 fully saturated rings. The van der Waals surface area contributed by atoms with Gasteiger partial charge in [0.15, 0.2) is 0 Å². The van der Waals surface area contributed by atoms with Crippen LogP contribution in [-0.4, -0.2) is 14.5 Å². The highest BCUT2D eigenvalue weighted by molar-refractivity contribution is 9.10. The molecule has 0 unspecified atom stereocenters. The molecule has 92 valence electrons. The van der Waals surface area contributed by atoms with Crippen LogP contribution in [0.25, 0.3) is 11.0 Å². The molecule has 18 heavy (non-hydrogen) atoms. The van der Waals surface area contributed by atoms with E-state index >= 15 is 0 Å². The lowest BCUT2D eigenvalue weighted by molar-refractivity contribution is 0.508. The third-order valence-corrected chi connectivity index (χ3v) is 3.58. The van der Waals surface area contributed by atoms with Crippen LogP contribution in [0.15, 0.2) is 39.8 Å². The summed E-state index contributed by atoms with van der Waals surface area (Å²) in [4.78, 5) is 8.69. The van der Waals surface area contributed by atoms with Crippen LogP contribution in [-0.2, 0) is 19.9 Å². The number of halogens is 1. The molecule has 0 aliphatic rings. The smallest absolute Gasteiger partial charge is 0.144 e. The van der Waals surface area contributed by atoms with Crippen molar-refractivity contribution in [3.8, 4) is 0 Å². The Balaban J connectivity index is 1.96. The van der Waals surface area contributed by atoms with Crippen molar-refractivity contribution in [3.63, 3.8) is 0 Å². The van der Waals surface area contributed by atoms with E-state index in [-0.39, 0.29) is 0 Å². The zero-order valence-corrected chi connectivity index (χ0v) is 11.5. The summed E-state index contributed by atoms with van der Waals surface area (Å²) in [6.45, 7) is 0. The predicted octanol–water partition coefficient (Wildman–Crippen LogP) is 3.11. The first-order valence-electron chi connectivity index (χ1n) is 5.72. The largest absolute Gasteiger partial charge is 0.469 e. The number of furan rings is 1. The van der Waals surface area contributed by atoms with Gasteiger partial charge in [-0.25, -0.2) is 9.97 Å². The van der Waals surface area contributed by atoms with Crippen LogP contribution in [0.4, 0.5) is 0 Å². The Labute approximate surface area is 113 Å². The molecule has 3 aromatic rings. The topological polar surface area (TPSA) is 43.9 Å². The third kappa shape index (κ3) is 1.95. The second-order valence-electron chi connectivity index (χ2n) is 4.19. The van der Waals surface area contributed by atoms with Crippen molar-refractivity contribution in [2.75, 3.05) is 0 Å². The maximum absolute atomic E-state index is 5.34. The van der Waals surface area contributed by atoms with Gasteiger partial charge in [0, 0.05) is 24.1 Å². The van der Waals surface area contributed by atoms with Crippen molar-refractivity contribution in [2.45, 2.75) is 12.8 Å². The van der Waals surface area contributed by atoms with E-state index in [0.717, 1.165) is 39.8 Å². The van der Waals surface area contributed by atoms with Gasteiger partial charge in [0.25, 0.3) is 0 Å². The molecule has 0 radical (unpaired) electrons. The number of aryl methyl sites for hydroxylation is 3. The standard InChI is InChI=1S/C13H12BrN3O/c1-17-7-10(14)12-11(15-8-16-13(12)17)5-4-9-3-2-6-18-9/h2-3,6-8H,4-5H2,1H3. The Bertz CT molecular complexity index is 673. The summed E-state index contributed by atoms with van der Waals surface area (Å²) in [5.41, 5.74) is 2.00. The van der Waals surface area contributed by atoms with Gasteiger partial charge in [0.1, 0.15) is 17.7 Å². The van der Waals surface area contributed by atoms with Gasteiger partial charge in [-0.15, -0.1) is 0 Å². The monoisotopic (exact) mass is 305 g/mol. The molecule has 0 spiro atoms. The molecule has 0 saturated heterocycles. The zero-order valence-electron chi connectivity index (χ0n) is 9.93. The molecule has 0 amide bonds. The van der Waals surface area contributed by atoms with Crippen molar-refractivity contribution in [2.24, 2.45) is 7.05 Å². The van der Waals surface area contributed by atoms with Gasteiger partial charge in [0.05, 0.1) is 17.3 Å². The van der Waals surface area contributed by atoms with Gasteiger partial charge in [0.2, 0.25) is 0 Å². The van der Waals surface area contributed by atoms with Crippen molar-refractivity contribution in [3.05, 3.63) is 46.8 Å². The van der Waals surface area contributed by atoms with Crippen LogP contribution in [0.5, 0.6) is 0 Å². The van der Waals surface area contributed by atoms with Gasteiger partial charge in [-0.05, 0) is 34.5 Å². The summed E-state index contributed by atoms with van der Waals surface area (Å²) in [5.74, 6) is 0.980. The number of aromatic nitrogens is 3. The Morgan fingerprint density at radius 3 is 3.00 bits per heavy atom. The third-order valence-electron chi connectivity index (χ3n) is 2.97. The number of hydrogen-bond donors (Lipinski definition) is 0. The van der Waals surface area contributed by atoms with E-state index in [2.05, 4.69) is 25.9 Å². The van der Waals surface area contributed by atoms with Crippen molar-refractivity contribution in [1.82, 2.24) is 14.5 Å². The lowest BCUT2D eigenvalue weighted by Gasteiger charge is -2.02. The summed E-state index contributed by atoms with van der Waals surface area (Å²) in [6.07, 6.45) is 7.01. The fourth-order valence-electron chi connectivity index (χ4n) is 2.11. The van der Waals surface area contributed by atoms with Gasteiger partial charge in [-0.1, -0.05) is 0 Å². The molecule has 0 atom stereocenters. The first kappa shape index (κ1) is 11.5. The number of rotatable bonds is 3. The van der Waals surface area contributed by atoms with Crippen LogP contribution in [0.2, 0.25) is 0 Å². The summed E-state index contributed by atoms with van der Waals surface area (Å²) in [6, 6.07) is 3.89. The highest BCUT2D eigenvalue weighted by atomic mass is 79.9. The van der Waals surface area contributed by atoms with E-state index in [1.54, 1.807) is 12.6 Å². The predicted molar refractivity (Wildman–Crippen MR) is 72.3 cm³/mol. The van der Waals surface area contributed by atoms with Crippen LogP contribution in [0.1, 0.15) is 11.5 Å². The van der Waals surface area contributed by atoms with E-state index in [1.807, 2.05) is 29.9 Å². The van der Waals surface area contributed by atoms with Crippen LogP contribution in [0.3, 0.4) is 0 Å². The maximum Gasteiger partial charge on any atom is 0.144 e. The summed E-state index contributed by atoms with van der Waals surface area (Å²) in [5, 5.41) is 1.09. The molecule has 0 saturated carbocycles. The number of fused-ring (bicyclic) bond motifs is 1. The van der Waals surface area contributed by atoms with Crippen LogP contribution in [0, 0.1) is 0 Å². The molecule has 3 aromatic heterocycles. The molecule has 5 heteroatoms. The van der Waals surface area contributed by atoms with E-state index in [0.29, 0.717) is 0 Å². The fourth-order valence-corrected chi connectivity index (χ4v) is 2.82. The molecule has 0 aliphatic carbocycles. The van der Waals surface area contributed by atoms with Gasteiger partial charge in [-0.3, -0.25) is 0 Å². The molecule has 0 N–H and O–H groups in total. The van der Waals surface area contributed by atoms with E-state index in [1.165, 1.54) is 0 Å². The fraction of sp³-hybridized carbons (Fsp3) is 0.231. The molecule has 3 rings (SSSR count). The van der Waals surface area contributed by atoms with Crippen LogP contribution < -0.4 is 0 Å². The second-order valence-corrected chi connectivity index (χ2v) is 5.04. The first-order chi connectivity index (χ1) is 8.75. The Morgan fingerprint density at radius 1 is 1.33 bits per heavy atom. The highest BCUT2D eigenvalue weighted by Gasteiger charge is 2.11. The number of nitrogens with zero attached hydrogens (tertiary/aromatic N) is 3. The molecule has 4 nitrogen and oxygen atoms in total. The maximum atomic E-state index is 5.34. The summed E-state index contributed by atoms with van der Waals surface area (Å²) < 4.78 is 8.38. The molecule has 0 bridgehead atoms. The normalized spacial score (nSPS) is 11.2. The van der Waals surface area contributed by atoms with Gasteiger partial charge < -0.3 is 8.98 Å². The van der Waals surface area contributed by atoms with E-state index in [4.69, 9.17) is 4.42 Å². The van der Waals surface area contributed by atoms with Gasteiger partial charge >= 0.3 is 0 Å². The minimum Gasteiger partial charge on any atom is -0.469 e. The van der Waals surface area contributed by atoms with Crippen LogP contribution >= 0.6 is 15.9 Å². The quantitative estimate of drug-likeness (QED) is 0.747. The summed E-state index contributed by atoms with van der Waals surface area (Å²) in [7, 11) is 1.98. The van der Waals surface area contributed by atoms with Crippen molar-refractivity contribution >= 4 is 27.0 Å². The molecular formula is C13H12BrN3O. The SMILES string of the molecule is Cn1cc(Br)c2c(CCc3ccco3)ncnc21. The van der Waals surface area contributed by atoms with E-state index < -0.39 is 0 Å². The number of hydrogen-bond acceptors (Lipinski definition) is 3. The Hall–Kier alpha value is -1.62. The molecule has 0 aliphatic heterocycles. The minimum absolute atomic E-state index is 0.842. The Morgan fingerprint density at radius 2 is 2.22 bits per heavy atom. The van der Waals surface area contributed by atoms with Crippen molar-refractivity contribution < 1.29 is 4.42 Å². The second kappa shape index (κ2) is 4.57. The average molecular weight is 306 g/mol. The minimum atomic E-state index is 0.842. The lowest BCUT2D eigenvalue weighted by Crippen LogP contribution is -1.97. The molecule has 0 aromatic carbocycles. The average Bonchev–Trinajstić information content (AvgIpc) is 2.97. The van der Waals surface area contributed by atoms with Crippen molar-refractivity contribution in [1.29, 1.82) is 0 Å². The Kier molecular flexibility index (Phi) is 2.91. The lowest BCUT2D eigenvalue weighted by atomic mass is 10.1. The van der Waals surface area contributed by atoms with E-state index in [9.17, 15) is 0 Å². The van der Waals surface area contributed by atoms with Gasteiger partial charge in [-0.2, -0.15) is 0 Å². The highest BCUT2D eigenvalue weighted by Crippen LogP contribution is 2.26.